The third kappa shape index (κ3) is 6.05. The third-order valence-electron chi connectivity index (χ3n) is 5.19. The summed E-state index contributed by atoms with van der Waals surface area (Å²) in [5, 5.41) is 0. The van der Waals surface area contributed by atoms with E-state index in [4.69, 9.17) is 4.74 Å². The first kappa shape index (κ1) is 22.3. The van der Waals surface area contributed by atoms with Gasteiger partial charge in [-0.15, -0.1) is 0 Å². The fraction of sp³-hybridized carbons (Fsp3) is 0.520. The van der Waals surface area contributed by atoms with Crippen LogP contribution >= 0.6 is 0 Å². The van der Waals surface area contributed by atoms with Crippen molar-refractivity contribution in [3.05, 3.63) is 59.8 Å². The first-order chi connectivity index (χ1) is 14.2. The van der Waals surface area contributed by atoms with Gasteiger partial charge < -0.3 is 4.74 Å². The Labute approximate surface area is 181 Å². The Balaban J connectivity index is 1.75. The van der Waals surface area contributed by atoms with E-state index in [0.29, 0.717) is 24.3 Å². The largest absolute Gasteiger partial charge is 0.443 e. The lowest BCUT2D eigenvalue weighted by Gasteiger charge is -2.28. The average Bonchev–Trinajstić information content (AvgIpc) is 3.13. The van der Waals surface area contributed by atoms with E-state index in [-0.39, 0.29) is 6.09 Å². The van der Waals surface area contributed by atoms with E-state index in [1.807, 2.05) is 33.0 Å². The van der Waals surface area contributed by atoms with Crippen molar-refractivity contribution in [2.45, 2.75) is 65.6 Å². The summed E-state index contributed by atoms with van der Waals surface area (Å²) >= 11 is 0. The summed E-state index contributed by atoms with van der Waals surface area (Å²) in [7, 11) is 0. The molecule has 1 aliphatic heterocycles. The van der Waals surface area contributed by atoms with Crippen molar-refractivity contribution in [2.24, 2.45) is 5.92 Å². The Kier molecular flexibility index (Phi) is 7.14. The van der Waals surface area contributed by atoms with E-state index in [9.17, 15) is 4.79 Å². The van der Waals surface area contributed by atoms with Gasteiger partial charge in [0.05, 0.1) is 0 Å². The number of ether oxygens (including phenoxy) is 1. The highest BCUT2D eigenvalue weighted by Gasteiger charge is 2.28. The van der Waals surface area contributed by atoms with E-state index in [0.717, 1.165) is 19.5 Å². The maximum atomic E-state index is 12.7. The lowest BCUT2D eigenvalue weighted by molar-refractivity contribution is 0.0575. The predicted molar refractivity (Wildman–Crippen MR) is 121 cm³/mol. The van der Waals surface area contributed by atoms with Gasteiger partial charge in [-0.1, -0.05) is 50.2 Å². The molecule has 1 amide bonds. The van der Waals surface area contributed by atoms with Gasteiger partial charge in [0, 0.05) is 25.3 Å². The Morgan fingerprint density at radius 3 is 2.53 bits per heavy atom. The number of amides is 1. The number of nitrogens with zero attached hydrogens (tertiary/aromatic N) is 3. The summed E-state index contributed by atoms with van der Waals surface area (Å²) < 4.78 is 5.61. The van der Waals surface area contributed by atoms with Crippen molar-refractivity contribution < 1.29 is 9.53 Å². The zero-order valence-corrected chi connectivity index (χ0v) is 19.0. The number of hydrogen-bond acceptors (Lipinski definition) is 4. The van der Waals surface area contributed by atoms with Crippen molar-refractivity contribution in [2.75, 3.05) is 18.0 Å². The monoisotopic (exact) mass is 409 g/mol. The summed E-state index contributed by atoms with van der Waals surface area (Å²) in [6.07, 6.45) is 3.91. The van der Waals surface area contributed by atoms with Gasteiger partial charge >= 0.3 is 6.09 Å². The molecule has 30 heavy (non-hydrogen) atoms. The SMILES string of the molecule is CC(C)CN(C(=O)OC(C)(C)C)c1ccc(C2CCCN2Cc2ccccc2)cn1. The van der Waals surface area contributed by atoms with Gasteiger partial charge in [0.2, 0.25) is 0 Å². The van der Waals surface area contributed by atoms with Gasteiger partial charge in [-0.25, -0.2) is 9.78 Å². The number of hydrogen-bond donors (Lipinski definition) is 0. The molecule has 162 valence electrons. The molecule has 1 aromatic heterocycles. The average molecular weight is 410 g/mol. The molecule has 1 aliphatic rings. The van der Waals surface area contributed by atoms with Gasteiger partial charge in [0.1, 0.15) is 11.4 Å². The molecule has 0 saturated carbocycles. The molecule has 0 spiro atoms. The summed E-state index contributed by atoms with van der Waals surface area (Å²) in [6.45, 7) is 12.5. The van der Waals surface area contributed by atoms with Gasteiger partial charge in [-0.3, -0.25) is 9.80 Å². The normalized spacial score (nSPS) is 17.3. The number of aromatic nitrogens is 1. The van der Waals surface area contributed by atoms with E-state index < -0.39 is 5.60 Å². The molecule has 0 aliphatic carbocycles. The topological polar surface area (TPSA) is 45.7 Å². The molecule has 2 aromatic rings. The van der Waals surface area contributed by atoms with Crippen molar-refractivity contribution in [1.29, 1.82) is 0 Å². The van der Waals surface area contributed by atoms with Crippen LogP contribution in [0.3, 0.4) is 0 Å². The molecule has 3 rings (SSSR count). The van der Waals surface area contributed by atoms with Gasteiger partial charge in [0.15, 0.2) is 0 Å². The molecule has 5 heteroatoms. The highest BCUT2D eigenvalue weighted by molar-refractivity contribution is 5.86. The minimum atomic E-state index is -0.534. The van der Waals surface area contributed by atoms with E-state index in [1.54, 1.807) is 4.90 Å². The van der Waals surface area contributed by atoms with Crippen LogP contribution in [-0.4, -0.2) is 34.7 Å². The molecule has 2 heterocycles. The first-order valence-corrected chi connectivity index (χ1v) is 11.0. The van der Waals surface area contributed by atoms with Crippen LogP contribution in [0.5, 0.6) is 0 Å². The van der Waals surface area contributed by atoms with Crippen LogP contribution in [-0.2, 0) is 11.3 Å². The molecular weight excluding hydrogens is 374 g/mol. The lowest BCUT2D eigenvalue weighted by atomic mass is 10.1. The molecule has 0 radical (unpaired) electrons. The maximum Gasteiger partial charge on any atom is 0.416 e. The minimum absolute atomic E-state index is 0.315. The number of likely N-dealkylation sites (tertiary alicyclic amines) is 1. The second kappa shape index (κ2) is 9.61. The molecule has 0 bridgehead atoms. The van der Waals surface area contributed by atoms with E-state index >= 15 is 0 Å². The van der Waals surface area contributed by atoms with Crippen molar-refractivity contribution in [3.8, 4) is 0 Å². The highest BCUT2D eigenvalue weighted by atomic mass is 16.6. The summed E-state index contributed by atoms with van der Waals surface area (Å²) in [5.41, 5.74) is 2.01. The number of carbonyl (C=O) groups is 1. The third-order valence-corrected chi connectivity index (χ3v) is 5.19. The molecule has 1 saturated heterocycles. The number of rotatable bonds is 6. The van der Waals surface area contributed by atoms with Gasteiger partial charge in [-0.05, 0) is 63.3 Å². The molecule has 0 N–H and O–H groups in total. The molecule has 5 nitrogen and oxygen atoms in total. The number of benzene rings is 1. The fourth-order valence-corrected chi connectivity index (χ4v) is 3.91. The minimum Gasteiger partial charge on any atom is -0.443 e. The van der Waals surface area contributed by atoms with Crippen LogP contribution in [0.4, 0.5) is 10.6 Å². The molecule has 1 fully saturated rings. The summed E-state index contributed by atoms with van der Waals surface area (Å²) in [5.74, 6) is 0.962. The highest BCUT2D eigenvalue weighted by Crippen LogP contribution is 2.33. The zero-order valence-electron chi connectivity index (χ0n) is 19.0. The smallest absolute Gasteiger partial charge is 0.416 e. The van der Waals surface area contributed by atoms with E-state index in [1.165, 1.54) is 17.5 Å². The second-order valence-electron chi connectivity index (χ2n) is 9.55. The second-order valence-corrected chi connectivity index (χ2v) is 9.55. The number of carbonyl (C=O) groups excluding carboxylic acids is 1. The van der Waals surface area contributed by atoms with E-state index in [2.05, 4.69) is 60.1 Å². The van der Waals surface area contributed by atoms with Crippen LogP contribution in [0.15, 0.2) is 48.7 Å². The number of anilines is 1. The van der Waals surface area contributed by atoms with Crippen LogP contribution in [0.1, 0.15) is 64.6 Å². The van der Waals surface area contributed by atoms with Crippen LogP contribution < -0.4 is 4.90 Å². The maximum absolute atomic E-state index is 12.7. The van der Waals surface area contributed by atoms with Gasteiger partial charge in [-0.2, -0.15) is 0 Å². The summed E-state index contributed by atoms with van der Waals surface area (Å²) in [6, 6.07) is 15.1. The Morgan fingerprint density at radius 1 is 1.20 bits per heavy atom. The summed E-state index contributed by atoms with van der Waals surface area (Å²) in [4.78, 5) is 21.6. The van der Waals surface area contributed by atoms with Gasteiger partial charge in [0.25, 0.3) is 0 Å². The van der Waals surface area contributed by atoms with Crippen LogP contribution in [0.25, 0.3) is 0 Å². The van der Waals surface area contributed by atoms with Crippen molar-refractivity contribution in [3.63, 3.8) is 0 Å². The molecular formula is C25H35N3O2. The Hall–Kier alpha value is -2.40. The zero-order chi connectivity index (χ0) is 21.7. The predicted octanol–water partition coefficient (Wildman–Crippen LogP) is 5.82. The Morgan fingerprint density at radius 2 is 1.93 bits per heavy atom. The molecule has 1 atom stereocenters. The molecule has 1 unspecified atom stereocenters. The first-order valence-electron chi connectivity index (χ1n) is 11.0. The fourth-order valence-electron chi connectivity index (χ4n) is 3.91. The molecule has 1 aromatic carbocycles. The Bertz CT molecular complexity index is 813. The van der Waals surface area contributed by atoms with Crippen LogP contribution in [0.2, 0.25) is 0 Å². The lowest BCUT2D eigenvalue weighted by Crippen LogP contribution is -2.39. The quantitative estimate of drug-likeness (QED) is 0.603. The van der Waals surface area contributed by atoms with Crippen LogP contribution in [0, 0.1) is 5.92 Å². The van der Waals surface area contributed by atoms with Crippen molar-refractivity contribution in [1.82, 2.24) is 9.88 Å². The van der Waals surface area contributed by atoms with Crippen molar-refractivity contribution >= 4 is 11.9 Å². The number of pyridine rings is 1. The standard InChI is InChI=1S/C25H35N3O2/c1-19(2)17-28(24(29)30-25(3,4)5)23-14-13-21(16-26-23)22-12-9-15-27(22)18-20-10-7-6-8-11-20/h6-8,10-11,13-14,16,19,22H,9,12,15,17-18H2,1-5H3.